The fourth-order valence-corrected chi connectivity index (χ4v) is 2.87. The molecule has 98 valence electrons. The summed E-state index contributed by atoms with van der Waals surface area (Å²) in [6, 6.07) is 0.278. The van der Waals surface area contributed by atoms with E-state index >= 15 is 0 Å². The number of hydrogen-bond donors (Lipinski definition) is 1. The average molecular weight is 265 g/mol. The van der Waals surface area contributed by atoms with Crippen molar-refractivity contribution in [3.63, 3.8) is 0 Å². The van der Waals surface area contributed by atoms with Gasteiger partial charge < -0.3 is 9.84 Å². The molecule has 0 fully saturated rings. The van der Waals surface area contributed by atoms with Gasteiger partial charge in [0, 0.05) is 29.2 Å². The molecule has 2 heterocycles. The van der Waals surface area contributed by atoms with E-state index in [1.165, 1.54) is 10.4 Å². The van der Waals surface area contributed by atoms with E-state index in [1.807, 2.05) is 20.0 Å². The van der Waals surface area contributed by atoms with Crippen LogP contribution in [-0.4, -0.2) is 10.1 Å². The van der Waals surface area contributed by atoms with Crippen LogP contribution in [0.1, 0.15) is 46.3 Å². The average Bonchev–Trinajstić information content (AvgIpc) is 2.89. The summed E-state index contributed by atoms with van der Waals surface area (Å²) in [7, 11) is 0. The van der Waals surface area contributed by atoms with Crippen LogP contribution in [-0.2, 0) is 6.54 Å². The molecule has 0 aliphatic carbocycles. The van der Waals surface area contributed by atoms with Gasteiger partial charge >= 0.3 is 0 Å². The smallest absolute Gasteiger partial charge is 0.138 e. The monoisotopic (exact) mass is 265 g/mol. The number of rotatable bonds is 5. The van der Waals surface area contributed by atoms with Crippen molar-refractivity contribution in [3.05, 3.63) is 33.1 Å². The molecule has 0 bridgehead atoms. The van der Waals surface area contributed by atoms with E-state index in [1.54, 1.807) is 11.3 Å². The minimum absolute atomic E-state index is 0.278. The van der Waals surface area contributed by atoms with Crippen LogP contribution in [0.2, 0.25) is 0 Å². The highest BCUT2D eigenvalue weighted by Crippen LogP contribution is 2.24. The summed E-state index contributed by atoms with van der Waals surface area (Å²) in [5.41, 5.74) is 2.16. The second kappa shape index (κ2) is 5.63. The Balaban J connectivity index is 2.06. The molecule has 0 saturated carbocycles. The molecule has 2 aromatic rings. The summed E-state index contributed by atoms with van der Waals surface area (Å²) in [6.45, 7) is 8.99. The third kappa shape index (κ3) is 2.79. The summed E-state index contributed by atoms with van der Waals surface area (Å²) in [6.07, 6.45) is 2.92. The SMILES string of the molecule is CCC(NCc1ncc(C)s1)c1c(C)noc1C. The summed E-state index contributed by atoms with van der Waals surface area (Å²) >= 11 is 1.73. The van der Waals surface area contributed by atoms with Crippen molar-refractivity contribution in [2.24, 2.45) is 0 Å². The first kappa shape index (κ1) is 13.2. The Bertz CT molecular complexity index is 499. The maximum Gasteiger partial charge on any atom is 0.138 e. The standard InChI is InChI=1S/C13H19N3OS/c1-5-11(13-9(3)16-17-10(13)4)14-7-12-15-6-8(2)18-12/h6,11,14H,5,7H2,1-4H3. The fourth-order valence-electron chi connectivity index (χ4n) is 2.13. The van der Waals surface area contributed by atoms with Crippen molar-refractivity contribution in [3.8, 4) is 0 Å². The molecule has 1 N–H and O–H groups in total. The van der Waals surface area contributed by atoms with E-state index < -0.39 is 0 Å². The summed E-state index contributed by atoms with van der Waals surface area (Å²) < 4.78 is 5.23. The number of nitrogens with zero attached hydrogens (tertiary/aromatic N) is 2. The molecule has 18 heavy (non-hydrogen) atoms. The Labute approximate surface area is 111 Å². The van der Waals surface area contributed by atoms with Gasteiger partial charge in [0.05, 0.1) is 5.69 Å². The Kier molecular flexibility index (Phi) is 4.14. The van der Waals surface area contributed by atoms with Crippen LogP contribution in [0.4, 0.5) is 0 Å². The molecule has 0 saturated heterocycles. The first-order valence-corrected chi connectivity index (χ1v) is 7.01. The van der Waals surface area contributed by atoms with E-state index in [0.29, 0.717) is 0 Å². The molecule has 2 aromatic heterocycles. The van der Waals surface area contributed by atoms with E-state index in [0.717, 1.165) is 29.4 Å². The predicted octanol–water partition coefficient (Wildman–Crippen LogP) is 3.30. The molecule has 2 rings (SSSR count). The van der Waals surface area contributed by atoms with Crippen molar-refractivity contribution in [2.75, 3.05) is 0 Å². The lowest BCUT2D eigenvalue weighted by Crippen LogP contribution is -2.21. The van der Waals surface area contributed by atoms with Gasteiger partial charge in [-0.3, -0.25) is 0 Å². The third-order valence-corrected chi connectivity index (χ3v) is 3.93. The molecule has 0 spiro atoms. The van der Waals surface area contributed by atoms with Crippen molar-refractivity contribution < 1.29 is 4.52 Å². The molecule has 1 atom stereocenters. The normalized spacial score (nSPS) is 12.9. The first-order chi connectivity index (χ1) is 8.61. The lowest BCUT2D eigenvalue weighted by molar-refractivity contribution is 0.389. The number of nitrogens with one attached hydrogen (secondary N) is 1. The highest BCUT2D eigenvalue weighted by atomic mass is 32.1. The van der Waals surface area contributed by atoms with Crippen LogP contribution in [0.3, 0.4) is 0 Å². The second-order valence-electron chi connectivity index (χ2n) is 4.44. The zero-order valence-corrected chi connectivity index (χ0v) is 12.1. The molecule has 0 aliphatic rings. The van der Waals surface area contributed by atoms with Crippen molar-refractivity contribution >= 4 is 11.3 Å². The molecule has 1 unspecified atom stereocenters. The van der Waals surface area contributed by atoms with Gasteiger partial charge in [0.25, 0.3) is 0 Å². The molecular weight excluding hydrogens is 246 g/mol. The van der Waals surface area contributed by atoms with Crippen molar-refractivity contribution in [1.29, 1.82) is 0 Å². The number of aryl methyl sites for hydroxylation is 3. The molecular formula is C13H19N3OS. The van der Waals surface area contributed by atoms with E-state index in [2.05, 4.69) is 29.3 Å². The quantitative estimate of drug-likeness (QED) is 0.901. The zero-order chi connectivity index (χ0) is 13.1. The summed E-state index contributed by atoms with van der Waals surface area (Å²) in [5, 5.41) is 8.67. The van der Waals surface area contributed by atoms with E-state index in [-0.39, 0.29) is 6.04 Å². The van der Waals surface area contributed by atoms with Gasteiger partial charge in [-0.25, -0.2) is 4.98 Å². The van der Waals surface area contributed by atoms with Gasteiger partial charge in [-0.2, -0.15) is 0 Å². The number of hydrogen-bond acceptors (Lipinski definition) is 5. The Morgan fingerprint density at radius 2 is 2.17 bits per heavy atom. The minimum Gasteiger partial charge on any atom is -0.361 e. The predicted molar refractivity (Wildman–Crippen MR) is 72.7 cm³/mol. The molecule has 0 aliphatic heterocycles. The third-order valence-electron chi connectivity index (χ3n) is 3.01. The zero-order valence-electron chi connectivity index (χ0n) is 11.3. The van der Waals surface area contributed by atoms with Gasteiger partial charge in [0.1, 0.15) is 10.8 Å². The minimum atomic E-state index is 0.278. The van der Waals surface area contributed by atoms with Gasteiger partial charge in [-0.05, 0) is 27.2 Å². The van der Waals surface area contributed by atoms with Gasteiger partial charge in [-0.15, -0.1) is 11.3 Å². The topological polar surface area (TPSA) is 51.0 Å². The van der Waals surface area contributed by atoms with Crippen molar-refractivity contribution in [1.82, 2.24) is 15.5 Å². The van der Waals surface area contributed by atoms with Gasteiger partial charge in [-0.1, -0.05) is 12.1 Å². The second-order valence-corrected chi connectivity index (χ2v) is 5.76. The van der Waals surface area contributed by atoms with Crippen LogP contribution in [0, 0.1) is 20.8 Å². The highest BCUT2D eigenvalue weighted by molar-refractivity contribution is 7.11. The lowest BCUT2D eigenvalue weighted by Gasteiger charge is -2.15. The summed E-state index contributed by atoms with van der Waals surface area (Å²) in [4.78, 5) is 5.61. The Morgan fingerprint density at radius 1 is 1.39 bits per heavy atom. The van der Waals surface area contributed by atoms with Gasteiger partial charge in [0.15, 0.2) is 0 Å². The van der Waals surface area contributed by atoms with E-state index in [4.69, 9.17) is 4.52 Å². The van der Waals surface area contributed by atoms with Crippen LogP contribution in [0.25, 0.3) is 0 Å². The Hall–Kier alpha value is -1.20. The Morgan fingerprint density at radius 3 is 2.67 bits per heavy atom. The number of aromatic nitrogens is 2. The van der Waals surface area contributed by atoms with Crippen LogP contribution < -0.4 is 5.32 Å². The molecule has 5 heteroatoms. The maximum absolute atomic E-state index is 5.23. The molecule has 4 nitrogen and oxygen atoms in total. The number of thiazole rings is 1. The molecule has 0 amide bonds. The highest BCUT2D eigenvalue weighted by Gasteiger charge is 2.18. The molecule has 0 aromatic carbocycles. The lowest BCUT2D eigenvalue weighted by atomic mass is 10.0. The summed E-state index contributed by atoms with van der Waals surface area (Å²) in [5.74, 6) is 0.905. The van der Waals surface area contributed by atoms with Gasteiger partial charge in [0.2, 0.25) is 0 Å². The van der Waals surface area contributed by atoms with Crippen LogP contribution in [0.5, 0.6) is 0 Å². The maximum atomic E-state index is 5.23. The first-order valence-electron chi connectivity index (χ1n) is 6.19. The largest absolute Gasteiger partial charge is 0.361 e. The molecule has 0 radical (unpaired) electrons. The van der Waals surface area contributed by atoms with Crippen molar-refractivity contribution in [2.45, 2.75) is 46.7 Å². The fraction of sp³-hybridized carbons (Fsp3) is 0.538. The van der Waals surface area contributed by atoms with Crippen LogP contribution >= 0.6 is 11.3 Å². The van der Waals surface area contributed by atoms with Crippen LogP contribution in [0.15, 0.2) is 10.7 Å². The van der Waals surface area contributed by atoms with E-state index in [9.17, 15) is 0 Å².